The highest BCUT2D eigenvalue weighted by Crippen LogP contribution is 2.23. The molecule has 0 spiro atoms. The number of hydrogen-bond donors (Lipinski definition) is 3. The number of urea groups is 1. The van der Waals surface area contributed by atoms with Gasteiger partial charge in [-0.25, -0.2) is 4.79 Å². The highest BCUT2D eigenvalue weighted by molar-refractivity contribution is 5.74. The molecule has 1 aliphatic rings. The highest BCUT2D eigenvalue weighted by atomic mass is 16.5. The first-order valence-corrected chi connectivity index (χ1v) is 8.61. The van der Waals surface area contributed by atoms with Gasteiger partial charge < -0.3 is 20.3 Å². The van der Waals surface area contributed by atoms with Gasteiger partial charge in [-0.1, -0.05) is 24.4 Å². The first-order chi connectivity index (χ1) is 11.0. The highest BCUT2D eigenvalue weighted by Gasteiger charge is 2.25. The van der Waals surface area contributed by atoms with E-state index >= 15 is 0 Å². The normalized spacial score (nSPS) is 23.1. The summed E-state index contributed by atoms with van der Waals surface area (Å²) in [5.41, 5.74) is 1.93. The molecule has 0 aromatic carbocycles. The fourth-order valence-corrected chi connectivity index (χ4v) is 3.38. The number of aryl methyl sites for hydroxylation is 2. The van der Waals surface area contributed by atoms with Crippen LogP contribution >= 0.6 is 0 Å². The number of aliphatic hydroxyl groups excluding tert-OH is 1. The van der Waals surface area contributed by atoms with E-state index < -0.39 is 0 Å². The Morgan fingerprint density at radius 2 is 2.09 bits per heavy atom. The molecule has 0 aliphatic heterocycles. The minimum atomic E-state index is -0.158. The zero-order chi connectivity index (χ0) is 16.8. The SMILES string of the molecule is Cc1noc(C)c1CC(C)NC(=O)NC1CCCCCC1CO. The van der Waals surface area contributed by atoms with Crippen molar-refractivity contribution in [1.29, 1.82) is 0 Å². The summed E-state index contributed by atoms with van der Waals surface area (Å²) in [7, 11) is 0. The average Bonchev–Trinajstić information content (AvgIpc) is 2.72. The van der Waals surface area contributed by atoms with Gasteiger partial charge in [0.15, 0.2) is 0 Å². The first-order valence-electron chi connectivity index (χ1n) is 8.61. The molecule has 1 aromatic heterocycles. The summed E-state index contributed by atoms with van der Waals surface area (Å²) in [6, 6.07) is -0.103. The van der Waals surface area contributed by atoms with E-state index in [1.165, 1.54) is 6.42 Å². The fraction of sp³-hybridized carbons (Fsp3) is 0.765. The number of carbonyl (C=O) groups is 1. The summed E-state index contributed by atoms with van der Waals surface area (Å²) < 4.78 is 5.16. The van der Waals surface area contributed by atoms with Crippen LogP contribution in [0.3, 0.4) is 0 Å². The van der Waals surface area contributed by atoms with E-state index in [4.69, 9.17) is 4.52 Å². The Morgan fingerprint density at radius 1 is 1.35 bits per heavy atom. The molecular weight excluding hydrogens is 294 g/mol. The van der Waals surface area contributed by atoms with Crippen LogP contribution in [0.15, 0.2) is 4.52 Å². The summed E-state index contributed by atoms with van der Waals surface area (Å²) in [6.45, 7) is 5.91. The van der Waals surface area contributed by atoms with Crippen molar-refractivity contribution >= 4 is 6.03 Å². The van der Waals surface area contributed by atoms with Gasteiger partial charge in [-0.15, -0.1) is 0 Å². The minimum Gasteiger partial charge on any atom is -0.396 e. The van der Waals surface area contributed by atoms with Crippen molar-refractivity contribution in [1.82, 2.24) is 15.8 Å². The van der Waals surface area contributed by atoms with Crippen molar-refractivity contribution < 1.29 is 14.4 Å². The third-order valence-electron chi connectivity index (χ3n) is 4.78. The zero-order valence-corrected chi connectivity index (χ0v) is 14.4. The second-order valence-corrected chi connectivity index (χ2v) is 6.71. The number of carbonyl (C=O) groups excluding carboxylic acids is 1. The largest absolute Gasteiger partial charge is 0.396 e. The maximum Gasteiger partial charge on any atom is 0.315 e. The van der Waals surface area contributed by atoms with E-state index in [9.17, 15) is 9.90 Å². The number of nitrogens with one attached hydrogen (secondary N) is 2. The van der Waals surface area contributed by atoms with E-state index in [1.54, 1.807) is 0 Å². The van der Waals surface area contributed by atoms with Crippen molar-refractivity contribution in [2.24, 2.45) is 5.92 Å². The Labute approximate surface area is 138 Å². The lowest BCUT2D eigenvalue weighted by molar-refractivity contribution is 0.178. The van der Waals surface area contributed by atoms with Crippen LogP contribution in [0.5, 0.6) is 0 Å². The monoisotopic (exact) mass is 323 g/mol. The van der Waals surface area contributed by atoms with Gasteiger partial charge in [0.2, 0.25) is 0 Å². The van der Waals surface area contributed by atoms with Crippen molar-refractivity contribution in [2.45, 2.75) is 71.4 Å². The van der Waals surface area contributed by atoms with E-state index in [0.29, 0.717) is 6.42 Å². The van der Waals surface area contributed by atoms with Gasteiger partial charge in [-0.05, 0) is 40.0 Å². The predicted molar refractivity (Wildman–Crippen MR) is 88.3 cm³/mol. The summed E-state index contributed by atoms with van der Waals surface area (Å²) in [5.74, 6) is 0.974. The number of aromatic nitrogens is 1. The van der Waals surface area contributed by atoms with E-state index in [1.807, 2.05) is 20.8 Å². The summed E-state index contributed by atoms with van der Waals surface area (Å²) in [6.07, 6.45) is 6.04. The van der Waals surface area contributed by atoms with Crippen molar-refractivity contribution in [3.63, 3.8) is 0 Å². The molecule has 1 aromatic rings. The Hall–Kier alpha value is -1.56. The maximum absolute atomic E-state index is 12.3. The lowest BCUT2D eigenvalue weighted by atomic mass is 9.96. The van der Waals surface area contributed by atoms with Crippen LogP contribution in [-0.4, -0.2) is 35.0 Å². The smallest absolute Gasteiger partial charge is 0.315 e. The molecular formula is C17H29N3O3. The average molecular weight is 323 g/mol. The topological polar surface area (TPSA) is 87.4 Å². The lowest BCUT2D eigenvalue weighted by Gasteiger charge is -2.25. The summed E-state index contributed by atoms with van der Waals surface area (Å²) >= 11 is 0. The predicted octanol–water partition coefficient (Wildman–Crippen LogP) is 2.46. The van der Waals surface area contributed by atoms with Crippen molar-refractivity contribution in [3.8, 4) is 0 Å². The molecule has 3 N–H and O–H groups in total. The molecule has 0 radical (unpaired) electrons. The molecule has 0 bridgehead atoms. The van der Waals surface area contributed by atoms with Gasteiger partial charge in [0.25, 0.3) is 0 Å². The van der Waals surface area contributed by atoms with Crippen LogP contribution < -0.4 is 10.6 Å². The number of hydrogen-bond acceptors (Lipinski definition) is 4. The van der Waals surface area contributed by atoms with Crippen LogP contribution in [0.2, 0.25) is 0 Å². The molecule has 3 unspecified atom stereocenters. The Balaban J connectivity index is 1.85. The quantitative estimate of drug-likeness (QED) is 0.726. The van der Waals surface area contributed by atoms with Gasteiger partial charge in [0.05, 0.1) is 5.69 Å². The molecule has 3 atom stereocenters. The number of aliphatic hydroxyl groups is 1. The molecule has 0 saturated heterocycles. The Bertz CT molecular complexity index is 496. The van der Waals surface area contributed by atoms with E-state index in [-0.39, 0.29) is 30.6 Å². The second-order valence-electron chi connectivity index (χ2n) is 6.71. The third kappa shape index (κ3) is 4.96. The third-order valence-corrected chi connectivity index (χ3v) is 4.78. The van der Waals surface area contributed by atoms with Crippen LogP contribution in [0.1, 0.15) is 56.0 Å². The molecule has 1 fully saturated rings. The van der Waals surface area contributed by atoms with Crippen molar-refractivity contribution in [2.75, 3.05) is 6.61 Å². The fourth-order valence-electron chi connectivity index (χ4n) is 3.38. The number of rotatable bonds is 5. The molecule has 6 heteroatoms. The summed E-state index contributed by atoms with van der Waals surface area (Å²) in [4.78, 5) is 12.3. The van der Waals surface area contributed by atoms with Gasteiger partial charge >= 0.3 is 6.03 Å². The molecule has 23 heavy (non-hydrogen) atoms. The molecule has 1 heterocycles. The standard InChI is InChI=1S/C17H29N3O3/c1-11(9-15-12(2)20-23-13(15)3)18-17(22)19-16-8-6-4-5-7-14(16)10-21/h11,14,16,21H,4-10H2,1-3H3,(H2,18,19,22). The van der Waals surface area contributed by atoms with Crippen LogP contribution in [0, 0.1) is 19.8 Å². The minimum absolute atomic E-state index is 0.00912. The van der Waals surface area contributed by atoms with Crippen molar-refractivity contribution in [3.05, 3.63) is 17.0 Å². The number of nitrogens with zero attached hydrogens (tertiary/aromatic N) is 1. The van der Waals surface area contributed by atoms with E-state index in [0.717, 1.165) is 42.7 Å². The second kappa shape index (κ2) is 8.34. The zero-order valence-electron chi connectivity index (χ0n) is 14.4. The molecule has 1 aliphatic carbocycles. The van der Waals surface area contributed by atoms with Gasteiger partial charge in [-0.2, -0.15) is 0 Å². The molecule has 2 rings (SSSR count). The van der Waals surface area contributed by atoms with Gasteiger partial charge in [-0.3, -0.25) is 0 Å². The van der Waals surface area contributed by atoms with Crippen LogP contribution in [0.4, 0.5) is 4.79 Å². The van der Waals surface area contributed by atoms with E-state index in [2.05, 4.69) is 15.8 Å². The molecule has 130 valence electrons. The number of amides is 2. The Kier molecular flexibility index (Phi) is 6.45. The van der Waals surface area contributed by atoms with Gasteiger partial charge in [0, 0.05) is 30.2 Å². The lowest BCUT2D eigenvalue weighted by Crippen LogP contribution is -2.48. The van der Waals surface area contributed by atoms with Crippen LogP contribution in [0.25, 0.3) is 0 Å². The Morgan fingerprint density at radius 3 is 2.74 bits per heavy atom. The molecule has 6 nitrogen and oxygen atoms in total. The maximum atomic E-state index is 12.3. The summed E-state index contributed by atoms with van der Waals surface area (Å²) in [5, 5.41) is 19.5. The molecule has 2 amide bonds. The molecule has 1 saturated carbocycles. The van der Waals surface area contributed by atoms with Gasteiger partial charge in [0.1, 0.15) is 5.76 Å². The first kappa shape index (κ1) is 17.8. The van der Waals surface area contributed by atoms with Crippen LogP contribution in [-0.2, 0) is 6.42 Å².